The molecular formula is C15H15N3O3. The largest absolute Gasteiger partial charge is 0.480 e. The summed E-state index contributed by atoms with van der Waals surface area (Å²) >= 11 is 0. The second kappa shape index (κ2) is 5.40. The van der Waals surface area contributed by atoms with Gasteiger partial charge in [-0.25, -0.2) is 4.79 Å². The van der Waals surface area contributed by atoms with Crippen LogP contribution in [0.25, 0.3) is 11.3 Å². The number of likely N-dealkylation sites (tertiary alicyclic amines) is 1. The number of carbonyl (C=O) groups excluding carboxylic acids is 1. The SMILES string of the molecule is O=C(O)[C@@H]1CCCN1C(=O)c1cc(-c2ccccc2)n[nH]1. The van der Waals surface area contributed by atoms with E-state index in [1.807, 2.05) is 30.3 Å². The molecule has 1 aromatic carbocycles. The van der Waals surface area contributed by atoms with E-state index in [0.717, 1.165) is 5.56 Å². The highest BCUT2D eigenvalue weighted by Crippen LogP contribution is 2.22. The number of benzene rings is 1. The Kier molecular flexibility index (Phi) is 3.43. The van der Waals surface area contributed by atoms with Gasteiger partial charge in [-0.1, -0.05) is 30.3 Å². The van der Waals surface area contributed by atoms with E-state index in [-0.39, 0.29) is 5.91 Å². The average Bonchev–Trinajstić information content (AvgIpc) is 3.17. The summed E-state index contributed by atoms with van der Waals surface area (Å²) in [5.74, 6) is -1.27. The summed E-state index contributed by atoms with van der Waals surface area (Å²) in [6.45, 7) is 0.468. The molecule has 0 saturated carbocycles. The molecule has 108 valence electrons. The van der Waals surface area contributed by atoms with Crippen LogP contribution in [0.4, 0.5) is 0 Å². The van der Waals surface area contributed by atoms with Crippen LogP contribution < -0.4 is 0 Å². The van der Waals surface area contributed by atoms with Crippen LogP contribution in [0, 0.1) is 0 Å². The first-order valence-electron chi connectivity index (χ1n) is 6.81. The fourth-order valence-electron chi connectivity index (χ4n) is 2.61. The van der Waals surface area contributed by atoms with Crippen molar-refractivity contribution in [2.75, 3.05) is 6.54 Å². The topological polar surface area (TPSA) is 86.3 Å². The maximum Gasteiger partial charge on any atom is 0.326 e. The van der Waals surface area contributed by atoms with E-state index < -0.39 is 12.0 Å². The molecule has 1 aliphatic heterocycles. The number of carbonyl (C=O) groups is 2. The lowest BCUT2D eigenvalue weighted by atomic mass is 10.1. The maximum atomic E-state index is 12.4. The van der Waals surface area contributed by atoms with Crippen LogP contribution in [-0.2, 0) is 4.79 Å². The molecule has 1 atom stereocenters. The van der Waals surface area contributed by atoms with E-state index in [1.165, 1.54) is 4.90 Å². The summed E-state index contributed by atoms with van der Waals surface area (Å²) in [5, 5.41) is 16.0. The number of aromatic amines is 1. The third-order valence-corrected chi connectivity index (χ3v) is 3.68. The predicted molar refractivity (Wildman–Crippen MR) is 75.7 cm³/mol. The number of hydrogen-bond donors (Lipinski definition) is 2. The highest BCUT2D eigenvalue weighted by molar-refractivity contribution is 5.96. The van der Waals surface area contributed by atoms with Crippen molar-refractivity contribution < 1.29 is 14.7 Å². The monoisotopic (exact) mass is 285 g/mol. The Bertz CT molecular complexity index is 666. The molecular weight excluding hydrogens is 270 g/mol. The lowest BCUT2D eigenvalue weighted by molar-refractivity contribution is -0.141. The molecule has 0 aliphatic carbocycles. The van der Waals surface area contributed by atoms with Crippen LogP contribution in [0.2, 0.25) is 0 Å². The van der Waals surface area contributed by atoms with Crippen LogP contribution in [0.3, 0.4) is 0 Å². The lowest BCUT2D eigenvalue weighted by Gasteiger charge is -2.20. The number of carboxylic acids is 1. The first kappa shape index (κ1) is 13.4. The Morgan fingerprint density at radius 3 is 2.76 bits per heavy atom. The number of nitrogens with one attached hydrogen (secondary N) is 1. The van der Waals surface area contributed by atoms with Crippen molar-refractivity contribution in [3.63, 3.8) is 0 Å². The number of carboxylic acid groups (broad SMARTS) is 1. The molecule has 1 aromatic heterocycles. The van der Waals surface area contributed by atoms with Gasteiger partial charge in [0.15, 0.2) is 0 Å². The Balaban J connectivity index is 1.83. The van der Waals surface area contributed by atoms with E-state index in [1.54, 1.807) is 6.07 Å². The van der Waals surface area contributed by atoms with Gasteiger partial charge in [-0.3, -0.25) is 9.89 Å². The maximum absolute atomic E-state index is 12.4. The Morgan fingerprint density at radius 1 is 1.29 bits per heavy atom. The smallest absolute Gasteiger partial charge is 0.326 e. The summed E-state index contributed by atoms with van der Waals surface area (Å²) < 4.78 is 0. The van der Waals surface area contributed by atoms with Gasteiger partial charge in [0.2, 0.25) is 0 Å². The summed E-state index contributed by atoms with van der Waals surface area (Å²) in [6.07, 6.45) is 1.21. The van der Waals surface area contributed by atoms with Gasteiger partial charge in [-0.2, -0.15) is 5.10 Å². The molecule has 1 saturated heterocycles. The van der Waals surface area contributed by atoms with Crippen LogP contribution in [0.5, 0.6) is 0 Å². The van der Waals surface area contributed by atoms with Crippen LogP contribution in [-0.4, -0.2) is 44.7 Å². The Labute approximate surface area is 121 Å². The predicted octanol–water partition coefficient (Wildman–Crippen LogP) is 1.77. The van der Waals surface area contributed by atoms with E-state index >= 15 is 0 Å². The second-order valence-electron chi connectivity index (χ2n) is 5.03. The summed E-state index contributed by atoms with van der Waals surface area (Å²) in [7, 11) is 0. The van der Waals surface area contributed by atoms with Gasteiger partial charge in [-0.15, -0.1) is 0 Å². The minimum absolute atomic E-state index is 0.311. The van der Waals surface area contributed by atoms with Gasteiger partial charge in [0.1, 0.15) is 11.7 Å². The van der Waals surface area contributed by atoms with Crippen molar-refractivity contribution in [3.05, 3.63) is 42.1 Å². The zero-order chi connectivity index (χ0) is 14.8. The van der Waals surface area contributed by atoms with Crippen LogP contribution >= 0.6 is 0 Å². The number of H-pyrrole nitrogens is 1. The molecule has 0 bridgehead atoms. The molecule has 1 fully saturated rings. The first-order chi connectivity index (χ1) is 10.2. The van der Waals surface area contributed by atoms with Crippen molar-refractivity contribution in [1.29, 1.82) is 0 Å². The van der Waals surface area contributed by atoms with Gasteiger partial charge < -0.3 is 10.0 Å². The number of aliphatic carboxylic acids is 1. The zero-order valence-corrected chi connectivity index (χ0v) is 11.3. The fraction of sp³-hybridized carbons (Fsp3) is 0.267. The minimum Gasteiger partial charge on any atom is -0.480 e. The quantitative estimate of drug-likeness (QED) is 0.899. The number of rotatable bonds is 3. The third kappa shape index (κ3) is 2.52. The van der Waals surface area contributed by atoms with Crippen molar-refractivity contribution >= 4 is 11.9 Å². The van der Waals surface area contributed by atoms with Gasteiger partial charge >= 0.3 is 5.97 Å². The summed E-state index contributed by atoms with van der Waals surface area (Å²) in [5.41, 5.74) is 1.90. The molecule has 1 aliphatic rings. The number of nitrogens with zero attached hydrogens (tertiary/aromatic N) is 2. The van der Waals surface area contributed by atoms with Gasteiger partial charge in [0.05, 0.1) is 5.69 Å². The van der Waals surface area contributed by atoms with E-state index in [2.05, 4.69) is 10.2 Å². The standard InChI is InChI=1S/C15H15N3O3/c19-14(18-8-4-7-13(18)15(20)21)12-9-11(16-17-12)10-5-2-1-3-6-10/h1-3,5-6,9,13H,4,7-8H2,(H,16,17)(H,20,21)/t13-/m0/s1. The molecule has 0 unspecified atom stereocenters. The highest BCUT2D eigenvalue weighted by atomic mass is 16.4. The molecule has 21 heavy (non-hydrogen) atoms. The molecule has 3 rings (SSSR count). The minimum atomic E-state index is -0.955. The van der Waals surface area contributed by atoms with Crippen molar-refractivity contribution in [1.82, 2.24) is 15.1 Å². The van der Waals surface area contributed by atoms with Gasteiger partial charge in [0.25, 0.3) is 5.91 Å². The molecule has 6 nitrogen and oxygen atoms in total. The molecule has 1 amide bonds. The van der Waals surface area contributed by atoms with E-state index in [4.69, 9.17) is 5.11 Å². The zero-order valence-electron chi connectivity index (χ0n) is 11.3. The number of aromatic nitrogens is 2. The summed E-state index contributed by atoms with van der Waals surface area (Å²) in [6, 6.07) is 10.4. The average molecular weight is 285 g/mol. The second-order valence-corrected chi connectivity index (χ2v) is 5.03. The molecule has 2 aromatic rings. The first-order valence-corrected chi connectivity index (χ1v) is 6.81. The summed E-state index contributed by atoms with van der Waals surface area (Å²) in [4.78, 5) is 24.9. The van der Waals surface area contributed by atoms with Crippen LogP contribution in [0.1, 0.15) is 23.3 Å². The Morgan fingerprint density at radius 2 is 2.05 bits per heavy atom. The van der Waals surface area contributed by atoms with Crippen LogP contribution in [0.15, 0.2) is 36.4 Å². The molecule has 0 radical (unpaired) electrons. The van der Waals surface area contributed by atoms with Crippen molar-refractivity contribution in [2.24, 2.45) is 0 Å². The Hall–Kier alpha value is -2.63. The molecule has 6 heteroatoms. The molecule has 2 heterocycles. The van der Waals surface area contributed by atoms with Crippen molar-refractivity contribution in [3.8, 4) is 11.3 Å². The van der Waals surface area contributed by atoms with Gasteiger partial charge in [-0.05, 0) is 18.9 Å². The van der Waals surface area contributed by atoms with Crippen molar-refractivity contribution in [2.45, 2.75) is 18.9 Å². The van der Waals surface area contributed by atoms with Gasteiger partial charge in [0, 0.05) is 12.1 Å². The number of hydrogen-bond acceptors (Lipinski definition) is 3. The number of amides is 1. The van der Waals surface area contributed by atoms with E-state index in [9.17, 15) is 9.59 Å². The fourth-order valence-corrected chi connectivity index (χ4v) is 2.61. The highest BCUT2D eigenvalue weighted by Gasteiger charge is 2.35. The normalized spacial score (nSPS) is 17.9. The molecule has 2 N–H and O–H groups in total. The third-order valence-electron chi connectivity index (χ3n) is 3.68. The lowest BCUT2D eigenvalue weighted by Crippen LogP contribution is -2.40. The molecule has 0 spiro atoms. The van der Waals surface area contributed by atoms with E-state index in [0.29, 0.717) is 30.8 Å².